The number of benzene rings is 1. The number of rotatable bonds is 0. The minimum atomic E-state index is 0.609. The lowest BCUT2D eigenvalue weighted by atomic mass is 10.1. The predicted molar refractivity (Wildman–Crippen MR) is 52.0 cm³/mol. The Bertz CT molecular complexity index is 268. The maximum absolute atomic E-state index is 5.69. The summed E-state index contributed by atoms with van der Waals surface area (Å²) in [5.74, 6) is 0. The van der Waals surface area contributed by atoms with Crippen LogP contribution in [-0.4, -0.2) is 0 Å². The number of nitrogens with two attached hydrogens (primary N) is 2. The molecule has 0 spiro atoms. The first kappa shape index (κ1) is 8.27. The van der Waals surface area contributed by atoms with Crippen molar-refractivity contribution in [3.05, 3.63) is 17.2 Å². The molecule has 0 aliphatic rings. The van der Waals surface area contributed by atoms with Gasteiger partial charge in [-0.3, -0.25) is 0 Å². The second-order valence-electron chi connectivity index (χ2n) is 2.65. The summed E-state index contributed by atoms with van der Waals surface area (Å²) >= 11 is 4.25. The first-order chi connectivity index (χ1) is 5.04. The average Bonchev–Trinajstić information content (AvgIpc) is 1.97. The van der Waals surface area contributed by atoms with Gasteiger partial charge in [0.1, 0.15) is 0 Å². The molecule has 11 heavy (non-hydrogen) atoms. The minimum Gasteiger partial charge on any atom is -0.397 e. The van der Waals surface area contributed by atoms with Crippen molar-refractivity contribution in [2.24, 2.45) is 0 Å². The monoisotopic (exact) mass is 168 g/mol. The van der Waals surface area contributed by atoms with E-state index in [1.165, 1.54) is 0 Å². The molecule has 0 atom stereocenters. The topological polar surface area (TPSA) is 52.0 Å². The normalized spacial score (nSPS) is 10.1. The van der Waals surface area contributed by atoms with Crippen molar-refractivity contribution in [1.29, 1.82) is 0 Å². The maximum Gasteiger partial charge on any atom is 0.0580 e. The van der Waals surface area contributed by atoms with Crippen LogP contribution >= 0.6 is 12.6 Å². The van der Waals surface area contributed by atoms with Crippen LogP contribution in [0.5, 0.6) is 0 Å². The molecule has 0 bridgehead atoms. The molecule has 0 amide bonds. The van der Waals surface area contributed by atoms with E-state index in [4.69, 9.17) is 11.5 Å². The van der Waals surface area contributed by atoms with E-state index in [-0.39, 0.29) is 0 Å². The van der Waals surface area contributed by atoms with Crippen molar-refractivity contribution >= 4 is 24.0 Å². The summed E-state index contributed by atoms with van der Waals surface area (Å²) < 4.78 is 0. The van der Waals surface area contributed by atoms with Crippen LogP contribution in [-0.2, 0) is 0 Å². The van der Waals surface area contributed by atoms with Crippen molar-refractivity contribution in [2.45, 2.75) is 18.7 Å². The molecule has 0 radical (unpaired) electrons. The molecule has 2 nitrogen and oxygen atoms in total. The van der Waals surface area contributed by atoms with Gasteiger partial charge in [0.25, 0.3) is 0 Å². The summed E-state index contributed by atoms with van der Waals surface area (Å²) in [5.41, 5.74) is 14.7. The van der Waals surface area contributed by atoms with Crippen molar-refractivity contribution in [1.82, 2.24) is 0 Å². The van der Waals surface area contributed by atoms with Gasteiger partial charge in [-0.1, -0.05) is 0 Å². The number of thiol groups is 1. The number of nitrogen functional groups attached to an aromatic ring is 2. The highest BCUT2D eigenvalue weighted by molar-refractivity contribution is 7.80. The zero-order chi connectivity index (χ0) is 8.59. The SMILES string of the molecule is Cc1c(S)cc(N)c(N)c1C. The number of hydrogen-bond acceptors (Lipinski definition) is 3. The lowest BCUT2D eigenvalue weighted by Crippen LogP contribution is -1.99. The van der Waals surface area contributed by atoms with Crippen LogP contribution in [0.4, 0.5) is 11.4 Å². The first-order valence-corrected chi connectivity index (χ1v) is 3.83. The fourth-order valence-electron chi connectivity index (χ4n) is 0.944. The van der Waals surface area contributed by atoms with Gasteiger partial charge < -0.3 is 11.5 Å². The van der Waals surface area contributed by atoms with Gasteiger partial charge in [-0.2, -0.15) is 0 Å². The molecule has 0 unspecified atom stereocenters. The van der Waals surface area contributed by atoms with Gasteiger partial charge in [0.2, 0.25) is 0 Å². The average molecular weight is 168 g/mol. The zero-order valence-electron chi connectivity index (χ0n) is 6.68. The van der Waals surface area contributed by atoms with Gasteiger partial charge in [-0.15, -0.1) is 12.6 Å². The Hall–Kier alpha value is -0.830. The van der Waals surface area contributed by atoms with E-state index in [9.17, 15) is 0 Å². The number of hydrogen-bond donors (Lipinski definition) is 3. The molecule has 0 fully saturated rings. The summed E-state index contributed by atoms with van der Waals surface area (Å²) in [4.78, 5) is 0.897. The van der Waals surface area contributed by atoms with Crippen LogP contribution in [0.15, 0.2) is 11.0 Å². The van der Waals surface area contributed by atoms with Gasteiger partial charge in [0, 0.05) is 4.90 Å². The van der Waals surface area contributed by atoms with Crippen molar-refractivity contribution in [3.8, 4) is 0 Å². The van der Waals surface area contributed by atoms with Crippen LogP contribution in [0.3, 0.4) is 0 Å². The molecular formula is C8H12N2S. The second-order valence-corrected chi connectivity index (χ2v) is 3.13. The molecular weight excluding hydrogens is 156 g/mol. The van der Waals surface area contributed by atoms with Crippen LogP contribution in [0.2, 0.25) is 0 Å². The summed E-state index contributed by atoms with van der Waals surface area (Å²) in [5, 5.41) is 0. The molecule has 0 aromatic heterocycles. The highest BCUT2D eigenvalue weighted by atomic mass is 32.1. The molecule has 0 saturated carbocycles. The highest BCUT2D eigenvalue weighted by Gasteiger charge is 2.04. The van der Waals surface area contributed by atoms with Crippen LogP contribution in [0.1, 0.15) is 11.1 Å². The summed E-state index contributed by atoms with van der Waals surface area (Å²) in [6, 6.07) is 1.78. The largest absolute Gasteiger partial charge is 0.397 e. The summed E-state index contributed by atoms with van der Waals surface area (Å²) in [6.07, 6.45) is 0. The number of anilines is 2. The predicted octanol–water partition coefficient (Wildman–Crippen LogP) is 1.76. The molecule has 60 valence electrons. The third-order valence-electron chi connectivity index (χ3n) is 1.95. The standard InChI is InChI=1S/C8H12N2S/c1-4-5(2)8(10)6(9)3-7(4)11/h3,11H,9-10H2,1-2H3. The summed E-state index contributed by atoms with van der Waals surface area (Å²) in [6.45, 7) is 3.92. The molecule has 0 saturated heterocycles. The lowest BCUT2D eigenvalue weighted by Gasteiger charge is -2.09. The van der Waals surface area contributed by atoms with Gasteiger partial charge in [0.05, 0.1) is 11.4 Å². The molecule has 0 heterocycles. The van der Waals surface area contributed by atoms with Crippen molar-refractivity contribution in [2.75, 3.05) is 11.5 Å². The first-order valence-electron chi connectivity index (χ1n) is 3.38. The van der Waals surface area contributed by atoms with Crippen molar-refractivity contribution < 1.29 is 0 Å². The fourth-order valence-corrected chi connectivity index (χ4v) is 1.25. The van der Waals surface area contributed by atoms with E-state index in [0.29, 0.717) is 11.4 Å². The Morgan fingerprint density at radius 3 is 2.27 bits per heavy atom. The van der Waals surface area contributed by atoms with E-state index >= 15 is 0 Å². The second kappa shape index (κ2) is 2.66. The maximum atomic E-state index is 5.69. The molecule has 0 aliphatic heterocycles. The molecule has 3 heteroatoms. The molecule has 1 rings (SSSR count). The van der Waals surface area contributed by atoms with Gasteiger partial charge in [-0.25, -0.2) is 0 Å². The lowest BCUT2D eigenvalue weighted by molar-refractivity contribution is 1.24. The molecule has 1 aromatic carbocycles. The van der Waals surface area contributed by atoms with E-state index in [1.807, 2.05) is 13.8 Å². The third-order valence-corrected chi connectivity index (χ3v) is 2.42. The Labute approximate surface area is 72.0 Å². The summed E-state index contributed by atoms with van der Waals surface area (Å²) in [7, 11) is 0. The van der Waals surface area contributed by atoms with E-state index in [2.05, 4.69) is 12.6 Å². The molecule has 1 aromatic rings. The third kappa shape index (κ3) is 1.28. The van der Waals surface area contributed by atoms with Gasteiger partial charge in [0.15, 0.2) is 0 Å². The van der Waals surface area contributed by atoms with E-state index < -0.39 is 0 Å². The highest BCUT2D eigenvalue weighted by Crippen LogP contribution is 2.27. The van der Waals surface area contributed by atoms with Crippen LogP contribution < -0.4 is 11.5 Å². The fraction of sp³-hybridized carbons (Fsp3) is 0.250. The van der Waals surface area contributed by atoms with E-state index in [1.54, 1.807) is 6.07 Å². The van der Waals surface area contributed by atoms with Crippen molar-refractivity contribution in [3.63, 3.8) is 0 Å². The van der Waals surface area contributed by atoms with Crippen LogP contribution in [0, 0.1) is 13.8 Å². The zero-order valence-corrected chi connectivity index (χ0v) is 7.57. The Balaban J connectivity index is 3.46. The van der Waals surface area contributed by atoms with Gasteiger partial charge in [-0.05, 0) is 31.0 Å². The van der Waals surface area contributed by atoms with E-state index in [0.717, 1.165) is 16.0 Å². The van der Waals surface area contributed by atoms with Gasteiger partial charge >= 0.3 is 0 Å². The molecule has 0 aliphatic carbocycles. The minimum absolute atomic E-state index is 0.609. The Morgan fingerprint density at radius 1 is 1.18 bits per heavy atom. The smallest absolute Gasteiger partial charge is 0.0580 e. The molecule has 4 N–H and O–H groups in total. The quantitative estimate of drug-likeness (QED) is 0.408. The Morgan fingerprint density at radius 2 is 1.73 bits per heavy atom. The Kier molecular flexibility index (Phi) is 2.00. The van der Waals surface area contributed by atoms with Crippen LogP contribution in [0.25, 0.3) is 0 Å².